The average molecular weight is 299 g/mol. The molecule has 116 valence electrons. The van der Waals surface area contributed by atoms with Crippen LogP contribution in [0.4, 0.5) is 4.39 Å². The first kappa shape index (κ1) is 15.2. The van der Waals surface area contributed by atoms with Gasteiger partial charge in [0.1, 0.15) is 5.82 Å². The van der Waals surface area contributed by atoms with E-state index in [1.807, 2.05) is 12.1 Å². The van der Waals surface area contributed by atoms with Crippen LogP contribution in [-0.4, -0.2) is 31.2 Å². The Kier molecular flexibility index (Phi) is 4.55. The Labute approximate surface area is 131 Å². The van der Waals surface area contributed by atoms with Gasteiger partial charge < -0.3 is 4.74 Å². The molecule has 0 aliphatic carbocycles. The molecule has 1 saturated heterocycles. The summed E-state index contributed by atoms with van der Waals surface area (Å²) < 4.78 is 18.8. The standard InChI is InChI=1S/C19H22FNO/c1-14-3-5-15(6-4-14)11-21(2)19-13-22-12-18(19)16-7-9-17(20)10-8-16/h3-10,18-19H,11-13H2,1-2H3/t18-,19+/m0/s1. The Balaban J connectivity index is 1.71. The summed E-state index contributed by atoms with van der Waals surface area (Å²) >= 11 is 0. The predicted molar refractivity (Wildman–Crippen MR) is 86.4 cm³/mol. The predicted octanol–water partition coefficient (Wildman–Crippen LogP) is 3.75. The number of ether oxygens (including phenoxy) is 1. The quantitative estimate of drug-likeness (QED) is 0.852. The van der Waals surface area contributed by atoms with E-state index in [4.69, 9.17) is 4.74 Å². The van der Waals surface area contributed by atoms with Crippen LogP contribution in [0.25, 0.3) is 0 Å². The number of nitrogens with zero attached hydrogens (tertiary/aromatic N) is 1. The monoisotopic (exact) mass is 299 g/mol. The highest BCUT2D eigenvalue weighted by Gasteiger charge is 2.32. The first-order valence-electron chi connectivity index (χ1n) is 7.72. The fourth-order valence-corrected chi connectivity index (χ4v) is 3.10. The lowest BCUT2D eigenvalue weighted by Crippen LogP contribution is -2.36. The van der Waals surface area contributed by atoms with Gasteiger partial charge in [-0.3, -0.25) is 4.90 Å². The molecule has 1 fully saturated rings. The van der Waals surface area contributed by atoms with E-state index in [1.165, 1.54) is 23.3 Å². The van der Waals surface area contributed by atoms with Crippen molar-refractivity contribution in [2.45, 2.75) is 25.4 Å². The van der Waals surface area contributed by atoms with Crippen molar-refractivity contribution in [3.8, 4) is 0 Å². The van der Waals surface area contributed by atoms with E-state index < -0.39 is 0 Å². The number of hydrogen-bond donors (Lipinski definition) is 0. The number of rotatable bonds is 4. The SMILES string of the molecule is Cc1ccc(CN(C)[C@@H]2COC[C@H]2c2ccc(F)cc2)cc1. The molecule has 1 aliphatic heterocycles. The largest absolute Gasteiger partial charge is 0.379 e. The van der Waals surface area contributed by atoms with Crippen molar-refractivity contribution >= 4 is 0 Å². The van der Waals surface area contributed by atoms with Crippen LogP contribution in [-0.2, 0) is 11.3 Å². The Bertz CT molecular complexity index is 608. The third-order valence-electron chi connectivity index (χ3n) is 4.47. The fourth-order valence-electron chi connectivity index (χ4n) is 3.10. The van der Waals surface area contributed by atoms with Crippen LogP contribution in [0, 0.1) is 12.7 Å². The topological polar surface area (TPSA) is 12.5 Å². The highest BCUT2D eigenvalue weighted by atomic mass is 19.1. The zero-order chi connectivity index (χ0) is 15.5. The van der Waals surface area contributed by atoms with Gasteiger partial charge in [0.05, 0.1) is 13.2 Å². The molecular weight excluding hydrogens is 277 g/mol. The van der Waals surface area contributed by atoms with E-state index in [0.717, 1.165) is 18.7 Å². The molecule has 0 saturated carbocycles. The van der Waals surface area contributed by atoms with Crippen molar-refractivity contribution in [3.05, 3.63) is 71.0 Å². The lowest BCUT2D eigenvalue weighted by molar-refractivity contribution is 0.156. The number of halogens is 1. The van der Waals surface area contributed by atoms with E-state index in [0.29, 0.717) is 18.6 Å². The minimum Gasteiger partial charge on any atom is -0.379 e. The van der Waals surface area contributed by atoms with Gasteiger partial charge in [-0.2, -0.15) is 0 Å². The highest BCUT2D eigenvalue weighted by Crippen LogP contribution is 2.29. The Hall–Kier alpha value is -1.71. The van der Waals surface area contributed by atoms with Gasteiger partial charge in [-0.05, 0) is 37.2 Å². The third-order valence-corrected chi connectivity index (χ3v) is 4.47. The zero-order valence-electron chi connectivity index (χ0n) is 13.1. The molecule has 2 aromatic rings. The van der Waals surface area contributed by atoms with Crippen molar-refractivity contribution in [1.29, 1.82) is 0 Å². The normalized spacial score (nSPS) is 21.5. The van der Waals surface area contributed by atoms with Crippen LogP contribution in [0.2, 0.25) is 0 Å². The Morgan fingerprint density at radius 2 is 1.73 bits per heavy atom. The van der Waals surface area contributed by atoms with Gasteiger partial charge in [-0.1, -0.05) is 42.0 Å². The van der Waals surface area contributed by atoms with Crippen LogP contribution >= 0.6 is 0 Å². The molecule has 1 heterocycles. The van der Waals surface area contributed by atoms with E-state index in [-0.39, 0.29) is 5.82 Å². The molecule has 2 atom stereocenters. The van der Waals surface area contributed by atoms with Crippen molar-refractivity contribution < 1.29 is 9.13 Å². The molecule has 2 aromatic carbocycles. The van der Waals surface area contributed by atoms with Crippen LogP contribution in [0.3, 0.4) is 0 Å². The molecule has 0 unspecified atom stereocenters. The molecule has 3 heteroatoms. The molecule has 1 aliphatic rings. The van der Waals surface area contributed by atoms with E-state index in [2.05, 4.69) is 43.1 Å². The second kappa shape index (κ2) is 6.59. The second-order valence-corrected chi connectivity index (χ2v) is 6.16. The molecule has 0 amide bonds. The molecule has 0 spiro atoms. The molecule has 3 rings (SSSR count). The van der Waals surface area contributed by atoms with Crippen LogP contribution in [0.5, 0.6) is 0 Å². The molecule has 0 radical (unpaired) electrons. The second-order valence-electron chi connectivity index (χ2n) is 6.16. The summed E-state index contributed by atoms with van der Waals surface area (Å²) in [6.45, 7) is 4.42. The van der Waals surface area contributed by atoms with E-state index >= 15 is 0 Å². The molecule has 0 N–H and O–H groups in total. The molecule has 0 aromatic heterocycles. The number of aryl methyl sites for hydroxylation is 1. The van der Waals surface area contributed by atoms with Gasteiger partial charge in [0, 0.05) is 18.5 Å². The lowest BCUT2D eigenvalue weighted by Gasteiger charge is -2.28. The summed E-state index contributed by atoms with van der Waals surface area (Å²) in [7, 11) is 2.13. The van der Waals surface area contributed by atoms with Crippen molar-refractivity contribution in [2.75, 3.05) is 20.3 Å². The van der Waals surface area contributed by atoms with Crippen molar-refractivity contribution in [2.24, 2.45) is 0 Å². The van der Waals surface area contributed by atoms with Gasteiger partial charge in [-0.25, -0.2) is 4.39 Å². The Morgan fingerprint density at radius 1 is 1.05 bits per heavy atom. The van der Waals surface area contributed by atoms with Gasteiger partial charge in [0.25, 0.3) is 0 Å². The Morgan fingerprint density at radius 3 is 2.41 bits per heavy atom. The smallest absolute Gasteiger partial charge is 0.123 e. The molecular formula is C19H22FNO. The first-order valence-corrected chi connectivity index (χ1v) is 7.72. The summed E-state index contributed by atoms with van der Waals surface area (Å²) in [4.78, 5) is 2.34. The zero-order valence-corrected chi connectivity index (χ0v) is 13.1. The fraction of sp³-hybridized carbons (Fsp3) is 0.368. The summed E-state index contributed by atoms with van der Waals surface area (Å²) in [5, 5.41) is 0. The maximum absolute atomic E-state index is 13.1. The molecule has 0 bridgehead atoms. The van der Waals surface area contributed by atoms with Gasteiger partial charge in [0.2, 0.25) is 0 Å². The summed E-state index contributed by atoms with van der Waals surface area (Å²) in [5.74, 6) is 0.114. The number of hydrogen-bond acceptors (Lipinski definition) is 2. The van der Waals surface area contributed by atoms with Gasteiger partial charge in [-0.15, -0.1) is 0 Å². The first-order chi connectivity index (χ1) is 10.6. The maximum atomic E-state index is 13.1. The third kappa shape index (κ3) is 3.37. The van der Waals surface area contributed by atoms with E-state index in [1.54, 1.807) is 0 Å². The molecule has 22 heavy (non-hydrogen) atoms. The number of benzene rings is 2. The van der Waals surface area contributed by atoms with Crippen molar-refractivity contribution in [3.63, 3.8) is 0 Å². The maximum Gasteiger partial charge on any atom is 0.123 e. The summed E-state index contributed by atoms with van der Waals surface area (Å²) in [6.07, 6.45) is 0. The summed E-state index contributed by atoms with van der Waals surface area (Å²) in [5.41, 5.74) is 3.73. The van der Waals surface area contributed by atoms with Crippen LogP contribution < -0.4 is 0 Å². The number of likely N-dealkylation sites (N-methyl/N-ethyl adjacent to an activating group) is 1. The van der Waals surface area contributed by atoms with E-state index in [9.17, 15) is 4.39 Å². The molecule has 2 nitrogen and oxygen atoms in total. The van der Waals surface area contributed by atoms with Crippen LogP contribution in [0.1, 0.15) is 22.6 Å². The average Bonchev–Trinajstić information content (AvgIpc) is 3.00. The summed E-state index contributed by atoms with van der Waals surface area (Å²) in [6, 6.07) is 15.8. The van der Waals surface area contributed by atoms with Crippen molar-refractivity contribution in [1.82, 2.24) is 4.90 Å². The minimum atomic E-state index is -0.188. The highest BCUT2D eigenvalue weighted by molar-refractivity contribution is 5.24. The minimum absolute atomic E-state index is 0.188. The lowest BCUT2D eigenvalue weighted by atomic mass is 9.93. The van der Waals surface area contributed by atoms with Crippen LogP contribution in [0.15, 0.2) is 48.5 Å². The van der Waals surface area contributed by atoms with Gasteiger partial charge >= 0.3 is 0 Å². The van der Waals surface area contributed by atoms with Gasteiger partial charge in [0.15, 0.2) is 0 Å².